The van der Waals surface area contributed by atoms with Crippen molar-refractivity contribution in [2.24, 2.45) is 29.4 Å². The Morgan fingerprint density at radius 3 is 2.38 bits per heavy atom. The molecule has 1 nitrogen and oxygen atoms in total. The molecule has 1 fully saturated rings. The van der Waals surface area contributed by atoms with E-state index < -0.39 is 0 Å². The standard InChI is InChI=1S/C12H25N/c1-5-10-7-11(8(2)3)12(13)6-9(10)4/h8-12H,5-7,13H2,1-4H3. The van der Waals surface area contributed by atoms with Crippen LogP contribution in [0, 0.1) is 23.7 Å². The van der Waals surface area contributed by atoms with E-state index >= 15 is 0 Å². The molecule has 0 aromatic carbocycles. The number of rotatable bonds is 2. The predicted molar refractivity (Wildman–Crippen MR) is 58.5 cm³/mol. The topological polar surface area (TPSA) is 26.0 Å². The van der Waals surface area contributed by atoms with Gasteiger partial charge in [0.1, 0.15) is 0 Å². The molecule has 0 radical (unpaired) electrons. The lowest BCUT2D eigenvalue weighted by atomic mass is 9.68. The molecule has 0 bridgehead atoms. The van der Waals surface area contributed by atoms with Crippen LogP contribution in [0.4, 0.5) is 0 Å². The molecule has 1 aliphatic carbocycles. The summed E-state index contributed by atoms with van der Waals surface area (Å²) in [5.41, 5.74) is 6.19. The molecule has 0 aromatic heterocycles. The Labute approximate surface area is 83.1 Å². The zero-order valence-electron chi connectivity index (χ0n) is 9.59. The highest BCUT2D eigenvalue weighted by atomic mass is 14.7. The second-order valence-corrected chi connectivity index (χ2v) is 5.19. The van der Waals surface area contributed by atoms with Gasteiger partial charge in [0.25, 0.3) is 0 Å². The molecule has 1 rings (SSSR count). The molecule has 4 atom stereocenters. The molecule has 0 amide bonds. The van der Waals surface area contributed by atoms with E-state index in [1.165, 1.54) is 19.3 Å². The molecule has 1 saturated carbocycles. The third kappa shape index (κ3) is 2.46. The van der Waals surface area contributed by atoms with Gasteiger partial charge < -0.3 is 5.73 Å². The van der Waals surface area contributed by atoms with Crippen LogP contribution >= 0.6 is 0 Å². The van der Waals surface area contributed by atoms with Crippen LogP contribution in [-0.4, -0.2) is 6.04 Å². The maximum Gasteiger partial charge on any atom is 0.00723 e. The molecule has 78 valence electrons. The number of nitrogens with two attached hydrogens (primary N) is 1. The Morgan fingerprint density at radius 2 is 1.92 bits per heavy atom. The largest absolute Gasteiger partial charge is 0.327 e. The molecular formula is C12H25N. The average Bonchev–Trinajstić information content (AvgIpc) is 2.03. The van der Waals surface area contributed by atoms with E-state index in [9.17, 15) is 0 Å². The third-order valence-corrected chi connectivity index (χ3v) is 3.95. The highest BCUT2D eigenvalue weighted by Crippen LogP contribution is 2.38. The first-order chi connectivity index (χ1) is 6.06. The van der Waals surface area contributed by atoms with Crippen LogP contribution in [0.15, 0.2) is 0 Å². The Hall–Kier alpha value is -0.0400. The van der Waals surface area contributed by atoms with E-state index in [1.54, 1.807) is 0 Å². The Bertz CT molecular complexity index is 153. The monoisotopic (exact) mass is 183 g/mol. The smallest absolute Gasteiger partial charge is 0.00723 e. The Balaban J connectivity index is 2.58. The minimum Gasteiger partial charge on any atom is -0.327 e. The van der Waals surface area contributed by atoms with Crippen molar-refractivity contribution in [2.45, 2.75) is 53.0 Å². The van der Waals surface area contributed by atoms with Gasteiger partial charge in [0.2, 0.25) is 0 Å². The molecule has 0 aliphatic heterocycles. The summed E-state index contributed by atoms with van der Waals surface area (Å²) in [5.74, 6) is 3.29. The molecule has 0 aromatic rings. The molecule has 1 aliphatic rings. The summed E-state index contributed by atoms with van der Waals surface area (Å²) in [6.07, 6.45) is 3.93. The molecule has 13 heavy (non-hydrogen) atoms. The van der Waals surface area contributed by atoms with Crippen LogP contribution in [0.25, 0.3) is 0 Å². The maximum atomic E-state index is 6.19. The van der Waals surface area contributed by atoms with E-state index in [2.05, 4.69) is 27.7 Å². The predicted octanol–water partition coefficient (Wildman–Crippen LogP) is 3.04. The van der Waals surface area contributed by atoms with Gasteiger partial charge in [-0.3, -0.25) is 0 Å². The first-order valence-corrected chi connectivity index (χ1v) is 5.81. The summed E-state index contributed by atoms with van der Waals surface area (Å²) in [4.78, 5) is 0. The fourth-order valence-corrected chi connectivity index (χ4v) is 2.89. The van der Waals surface area contributed by atoms with Gasteiger partial charge in [0.05, 0.1) is 0 Å². The van der Waals surface area contributed by atoms with Crippen LogP contribution in [-0.2, 0) is 0 Å². The van der Waals surface area contributed by atoms with Gasteiger partial charge >= 0.3 is 0 Å². The molecule has 0 heterocycles. The normalized spacial score (nSPS) is 41.1. The van der Waals surface area contributed by atoms with Gasteiger partial charge in [-0.25, -0.2) is 0 Å². The minimum absolute atomic E-state index is 0.456. The van der Waals surface area contributed by atoms with Crippen LogP contribution in [0.3, 0.4) is 0 Å². The summed E-state index contributed by atoms with van der Waals surface area (Å²) >= 11 is 0. The van der Waals surface area contributed by atoms with Gasteiger partial charge in [-0.15, -0.1) is 0 Å². The lowest BCUT2D eigenvalue weighted by Gasteiger charge is -2.40. The zero-order valence-corrected chi connectivity index (χ0v) is 9.59. The summed E-state index contributed by atoms with van der Waals surface area (Å²) < 4.78 is 0. The molecule has 0 saturated heterocycles. The molecule has 2 N–H and O–H groups in total. The van der Waals surface area contributed by atoms with Crippen LogP contribution < -0.4 is 5.73 Å². The summed E-state index contributed by atoms with van der Waals surface area (Å²) in [6.45, 7) is 9.31. The SMILES string of the molecule is CCC1CC(C(C)C)C(N)CC1C. The van der Waals surface area contributed by atoms with Crippen LogP contribution in [0.5, 0.6) is 0 Å². The molecule has 4 unspecified atom stereocenters. The lowest BCUT2D eigenvalue weighted by Crippen LogP contribution is -2.42. The van der Waals surface area contributed by atoms with E-state index in [-0.39, 0.29) is 0 Å². The summed E-state index contributed by atoms with van der Waals surface area (Å²) in [7, 11) is 0. The van der Waals surface area contributed by atoms with Crippen molar-refractivity contribution in [1.82, 2.24) is 0 Å². The van der Waals surface area contributed by atoms with E-state index in [0.717, 1.165) is 23.7 Å². The fourth-order valence-electron chi connectivity index (χ4n) is 2.89. The summed E-state index contributed by atoms with van der Waals surface area (Å²) in [6, 6.07) is 0.456. The maximum absolute atomic E-state index is 6.19. The summed E-state index contributed by atoms with van der Waals surface area (Å²) in [5, 5.41) is 0. The highest BCUT2D eigenvalue weighted by molar-refractivity contribution is 4.87. The molecule has 1 heteroatoms. The van der Waals surface area contributed by atoms with E-state index in [0.29, 0.717) is 6.04 Å². The van der Waals surface area contributed by atoms with Crippen LogP contribution in [0.2, 0.25) is 0 Å². The van der Waals surface area contributed by atoms with Crippen molar-refractivity contribution in [3.05, 3.63) is 0 Å². The van der Waals surface area contributed by atoms with Crippen molar-refractivity contribution in [1.29, 1.82) is 0 Å². The molecule has 0 spiro atoms. The minimum atomic E-state index is 0.456. The Kier molecular flexibility index (Phi) is 3.78. The Morgan fingerprint density at radius 1 is 1.31 bits per heavy atom. The average molecular weight is 183 g/mol. The lowest BCUT2D eigenvalue weighted by molar-refractivity contribution is 0.130. The van der Waals surface area contributed by atoms with Crippen molar-refractivity contribution < 1.29 is 0 Å². The second-order valence-electron chi connectivity index (χ2n) is 5.19. The van der Waals surface area contributed by atoms with Crippen molar-refractivity contribution in [3.8, 4) is 0 Å². The molecular weight excluding hydrogens is 158 g/mol. The van der Waals surface area contributed by atoms with E-state index in [1.807, 2.05) is 0 Å². The second kappa shape index (κ2) is 4.45. The van der Waals surface area contributed by atoms with E-state index in [4.69, 9.17) is 5.73 Å². The highest BCUT2D eigenvalue weighted by Gasteiger charge is 2.33. The van der Waals surface area contributed by atoms with Crippen molar-refractivity contribution in [3.63, 3.8) is 0 Å². The number of hydrogen-bond acceptors (Lipinski definition) is 1. The quantitative estimate of drug-likeness (QED) is 0.699. The van der Waals surface area contributed by atoms with Gasteiger partial charge in [-0.05, 0) is 36.5 Å². The van der Waals surface area contributed by atoms with Gasteiger partial charge in [0, 0.05) is 6.04 Å². The van der Waals surface area contributed by atoms with Crippen LogP contribution in [0.1, 0.15) is 47.0 Å². The van der Waals surface area contributed by atoms with Gasteiger partial charge in [-0.1, -0.05) is 34.1 Å². The van der Waals surface area contributed by atoms with Crippen molar-refractivity contribution in [2.75, 3.05) is 0 Å². The zero-order chi connectivity index (χ0) is 10.0. The first kappa shape index (κ1) is 11.0. The first-order valence-electron chi connectivity index (χ1n) is 5.81. The van der Waals surface area contributed by atoms with Crippen molar-refractivity contribution >= 4 is 0 Å². The third-order valence-electron chi connectivity index (χ3n) is 3.95. The number of hydrogen-bond donors (Lipinski definition) is 1. The fraction of sp³-hybridized carbons (Fsp3) is 1.00. The van der Waals surface area contributed by atoms with Gasteiger partial charge in [0.15, 0.2) is 0 Å². The van der Waals surface area contributed by atoms with Gasteiger partial charge in [-0.2, -0.15) is 0 Å².